The molecule has 0 bridgehead atoms. The number of thiophene rings is 1. The molecule has 0 spiro atoms. The molecule has 0 aliphatic heterocycles. The minimum atomic E-state index is 0.289. The van der Waals surface area contributed by atoms with Gasteiger partial charge in [-0.25, -0.2) is 0 Å². The van der Waals surface area contributed by atoms with Crippen molar-refractivity contribution in [2.24, 2.45) is 5.92 Å². The summed E-state index contributed by atoms with van der Waals surface area (Å²) >= 11 is 2.01. The molecule has 1 heterocycles. The molecular formula is C16H27NS. The van der Waals surface area contributed by atoms with Crippen molar-refractivity contribution in [2.75, 3.05) is 6.54 Å². The van der Waals surface area contributed by atoms with E-state index in [1.165, 1.54) is 30.6 Å². The van der Waals surface area contributed by atoms with Crippen molar-refractivity contribution in [3.63, 3.8) is 0 Å². The number of nitrogens with one attached hydrogen (secondary N) is 1. The molecule has 1 atom stereocenters. The van der Waals surface area contributed by atoms with Crippen LogP contribution in [0, 0.1) is 5.92 Å². The molecule has 102 valence electrons. The van der Waals surface area contributed by atoms with Gasteiger partial charge < -0.3 is 5.32 Å². The van der Waals surface area contributed by atoms with Gasteiger partial charge in [0.1, 0.15) is 0 Å². The van der Waals surface area contributed by atoms with Crippen molar-refractivity contribution in [1.82, 2.24) is 5.32 Å². The van der Waals surface area contributed by atoms with Crippen LogP contribution in [0.4, 0.5) is 0 Å². The lowest BCUT2D eigenvalue weighted by Gasteiger charge is -2.18. The molecule has 2 heteroatoms. The molecule has 1 unspecified atom stereocenters. The van der Waals surface area contributed by atoms with E-state index in [2.05, 4.69) is 45.1 Å². The van der Waals surface area contributed by atoms with Crippen LogP contribution in [-0.2, 0) is 5.41 Å². The molecule has 0 aromatic carbocycles. The summed E-state index contributed by atoms with van der Waals surface area (Å²) in [6.07, 6.45) is 5.45. The summed E-state index contributed by atoms with van der Waals surface area (Å²) in [4.78, 5) is 3.05. The molecule has 1 saturated carbocycles. The van der Waals surface area contributed by atoms with E-state index in [4.69, 9.17) is 0 Å². The van der Waals surface area contributed by atoms with E-state index >= 15 is 0 Å². The zero-order valence-corrected chi connectivity index (χ0v) is 13.1. The Hall–Kier alpha value is -0.340. The number of rotatable bonds is 6. The van der Waals surface area contributed by atoms with E-state index in [1.54, 1.807) is 4.88 Å². The van der Waals surface area contributed by atoms with Crippen LogP contribution in [0.1, 0.15) is 69.2 Å². The van der Waals surface area contributed by atoms with Gasteiger partial charge in [0.15, 0.2) is 0 Å². The molecule has 1 nitrogen and oxygen atoms in total. The standard InChI is InChI=1S/C16H27NS/c1-5-10-17-13(11-12-6-7-12)14-8-9-15(18-14)16(2,3)4/h8-9,12-13,17H,5-7,10-11H2,1-4H3. The monoisotopic (exact) mass is 265 g/mol. The second-order valence-corrected chi connectivity index (χ2v) is 7.75. The Kier molecular flexibility index (Phi) is 4.50. The van der Waals surface area contributed by atoms with Gasteiger partial charge in [-0.2, -0.15) is 0 Å². The van der Waals surface area contributed by atoms with E-state index in [9.17, 15) is 0 Å². The maximum absolute atomic E-state index is 3.73. The summed E-state index contributed by atoms with van der Waals surface area (Å²) in [6, 6.07) is 5.27. The van der Waals surface area contributed by atoms with Gasteiger partial charge in [0.25, 0.3) is 0 Å². The lowest BCUT2D eigenvalue weighted by atomic mass is 9.95. The van der Waals surface area contributed by atoms with E-state index in [1.807, 2.05) is 11.3 Å². The van der Waals surface area contributed by atoms with E-state index in [-0.39, 0.29) is 5.41 Å². The molecule has 1 aromatic heterocycles. The highest BCUT2D eigenvalue weighted by Crippen LogP contribution is 2.40. The van der Waals surface area contributed by atoms with Gasteiger partial charge in [0.05, 0.1) is 0 Å². The van der Waals surface area contributed by atoms with Crippen LogP contribution in [0.15, 0.2) is 12.1 Å². The molecular weight excluding hydrogens is 238 g/mol. The summed E-state index contributed by atoms with van der Waals surface area (Å²) in [5, 5.41) is 3.73. The lowest BCUT2D eigenvalue weighted by molar-refractivity contribution is 0.480. The van der Waals surface area contributed by atoms with Crippen LogP contribution in [0.3, 0.4) is 0 Å². The third-order valence-electron chi connectivity index (χ3n) is 3.62. The first-order valence-electron chi connectivity index (χ1n) is 7.34. The fraction of sp³-hybridized carbons (Fsp3) is 0.750. The van der Waals surface area contributed by atoms with Crippen LogP contribution >= 0.6 is 11.3 Å². The highest BCUT2D eigenvalue weighted by Gasteiger charge is 2.27. The summed E-state index contributed by atoms with van der Waals surface area (Å²) in [6.45, 7) is 10.3. The maximum atomic E-state index is 3.73. The highest BCUT2D eigenvalue weighted by atomic mass is 32.1. The van der Waals surface area contributed by atoms with Crippen molar-refractivity contribution in [2.45, 2.75) is 64.8 Å². The molecule has 1 aliphatic rings. The van der Waals surface area contributed by atoms with E-state index in [0.29, 0.717) is 6.04 Å². The first-order chi connectivity index (χ1) is 8.50. The Morgan fingerprint density at radius 2 is 2.06 bits per heavy atom. The van der Waals surface area contributed by atoms with Gasteiger partial charge in [-0.05, 0) is 42.9 Å². The zero-order valence-electron chi connectivity index (χ0n) is 12.3. The molecule has 1 N–H and O–H groups in total. The SMILES string of the molecule is CCCNC(CC1CC1)c1ccc(C(C)(C)C)s1. The molecule has 2 rings (SSSR count). The average Bonchev–Trinajstić information content (AvgIpc) is 2.95. The maximum Gasteiger partial charge on any atom is 0.0417 e. The Bertz CT molecular complexity index is 371. The Balaban J connectivity index is 2.05. The summed E-state index contributed by atoms with van der Waals surface area (Å²) in [5.41, 5.74) is 0.289. The fourth-order valence-corrected chi connectivity index (χ4v) is 3.40. The highest BCUT2D eigenvalue weighted by molar-refractivity contribution is 7.12. The second kappa shape index (κ2) is 5.75. The van der Waals surface area contributed by atoms with Gasteiger partial charge in [-0.3, -0.25) is 0 Å². The van der Waals surface area contributed by atoms with E-state index in [0.717, 1.165) is 12.5 Å². The predicted molar refractivity (Wildman–Crippen MR) is 81.4 cm³/mol. The summed E-state index contributed by atoms with van der Waals surface area (Å²) in [5.74, 6) is 0.986. The minimum Gasteiger partial charge on any atom is -0.309 e. The third-order valence-corrected chi connectivity index (χ3v) is 5.24. The molecule has 1 aliphatic carbocycles. The Labute approximate surface area is 116 Å². The van der Waals surface area contributed by atoms with Crippen molar-refractivity contribution in [1.29, 1.82) is 0 Å². The molecule has 0 radical (unpaired) electrons. The molecule has 0 saturated heterocycles. The van der Waals surface area contributed by atoms with Gasteiger partial charge in [-0.15, -0.1) is 11.3 Å². The fourth-order valence-electron chi connectivity index (χ4n) is 2.25. The van der Waals surface area contributed by atoms with Crippen molar-refractivity contribution < 1.29 is 0 Å². The second-order valence-electron chi connectivity index (χ2n) is 6.64. The minimum absolute atomic E-state index is 0.289. The van der Waals surface area contributed by atoms with Crippen LogP contribution in [-0.4, -0.2) is 6.54 Å². The molecule has 0 amide bonds. The quantitative estimate of drug-likeness (QED) is 0.772. The average molecular weight is 265 g/mol. The normalized spacial score (nSPS) is 18.0. The largest absolute Gasteiger partial charge is 0.309 e. The van der Waals surface area contributed by atoms with Crippen molar-refractivity contribution in [3.05, 3.63) is 21.9 Å². The summed E-state index contributed by atoms with van der Waals surface area (Å²) < 4.78 is 0. The van der Waals surface area contributed by atoms with Crippen LogP contribution in [0.25, 0.3) is 0 Å². The van der Waals surface area contributed by atoms with Crippen LogP contribution in [0.5, 0.6) is 0 Å². The van der Waals surface area contributed by atoms with Crippen LogP contribution in [0.2, 0.25) is 0 Å². The van der Waals surface area contributed by atoms with Gasteiger partial charge in [0.2, 0.25) is 0 Å². The summed E-state index contributed by atoms with van der Waals surface area (Å²) in [7, 11) is 0. The van der Waals surface area contributed by atoms with Gasteiger partial charge in [0, 0.05) is 15.8 Å². The lowest BCUT2D eigenvalue weighted by Crippen LogP contribution is -2.21. The number of hydrogen-bond donors (Lipinski definition) is 1. The van der Waals surface area contributed by atoms with Gasteiger partial charge in [-0.1, -0.05) is 40.5 Å². The van der Waals surface area contributed by atoms with Crippen LogP contribution < -0.4 is 5.32 Å². The van der Waals surface area contributed by atoms with Crippen molar-refractivity contribution >= 4 is 11.3 Å². The number of hydrogen-bond acceptors (Lipinski definition) is 2. The van der Waals surface area contributed by atoms with Crippen molar-refractivity contribution in [3.8, 4) is 0 Å². The van der Waals surface area contributed by atoms with E-state index < -0.39 is 0 Å². The Morgan fingerprint density at radius 1 is 1.33 bits per heavy atom. The predicted octanol–water partition coefficient (Wildman–Crippen LogP) is 4.89. The first-order valence-corrected chi connectivity index (χ1v) is 8.16. The molecule has 18 heavy (non-hydrogen) atoms. The Morgan fingerprint density at radius 3 is 2.56 bits per heavy atom. The zero-order chi connectivity index (χ0) is 13.2. The third kappa shape index (κ3) is 3.83. The molecule has 1 aromatic rings. The topological polar surface area (TPSA) is 12.0 Å². The smallest absolute Gasteiger partial charge is 0.0417 e. The van der Waals surface area contributed by atoms with Gasteiger partial charge >= 0.3 is 0 Å². The molecule has 1 fully saturated rings. The first kappa shape index (κ1) is 14.1.